The fraction of sp³-hybridized carbons (Fsp3) is 0.538. The first-order valence-corrected chi connectivity index (χ1v) is 6.61. The van der Waals surface area contributed by atoms with E-state index in [1.54, 1.807) is 7.05 Å². The Morgan fingerprint density at radius 3 is 2.60 bits per heavy atom. The molecular formula is C13H16ClF3N2O. The molecule has 1 saturated heterocycles. The van der Waals surface area contributed by atoms with Crippen molar-refractivity contribution in [2.75, 3.05) is 20.1 Å². The van der Waals surface area contributed by atoms with Gasteiger partial charge in [-0.05, 0) is 38.1 Å². The molecule has 1 aromatic carbocycles. The lowest BCUT2D eigenvalue weighted by Gasteiger charge is -2.22. The second kappa shape index (κ2) is 5.42. The van der Waals surface area contributed by atoms with Crippen molar-refractivity contribution in [1.29, 1.82) is 0 Å². The van der Waals surface area contributed by atoms with Crippen LogP contribution in [0.4, 0.5) is 13.2 Å². The smallest absolute Gasteiger partial charge is 0.420 e. The first kappa shape index (κ1) is 15.4. The van der Waals surface area contributed by atoms with E-state index in [9.17, 15) is 18.3 Å². The Kier molecular flexibility index (Phi) is 4.18. The Labute approximate surface area is 120 Å². The van der Waals surface area contributed by atoms with Crippen LogP contribution >= 0.6 is 11.6 Å². The van der Waals surface area contributed by atoms with Crippen LogP contribution < -0.4 is 5.73 Å². The molecule has 112 valence electrons. The third-order valence-electron chi connectivity index (χ3n) is 3.74. The Bertz CT molecular complexity index is 507. The van der Waals surface area contributed by atoms with Crippen LogP contribution in [0.1, 0.15) is 23.6 Å². The molecule has 2 atom stereocenters. The number of halogens is 4. The lowest BCUT2D eigenvalue weighted by molar-refractivity contribution is -0.138. The number of phenols is 1. The van der Waals surface area contributed by atoms with E-state index >= 15 is 0 Å². The SMILES string of the molecule is CN1CC(CN)CC1c1cc(Cl)cc(C(F)(F)F)c1O. The Morgan fingerprint density at radius 1 is 1.45 bits per heavy atom. The summed E-state index contributed by atoms with van der Waals surface area (Å²) in [5.41, 5.74) is 4.73. The third kappa shape index (κ3) is 2.87. The quantitative estimate of drug-likeness (QED) is 0.883. The fourth-order valence-electron chi connectivity index (χ4n) is 2.73. The van der Waals surface area contributed by atoms with Crippen molar-refractivity contribution in [3.8, 4) is 5.75 Å². The predicted molar refractivity (Wildman–Crippen MR) is 70.7 cm³/mol. The van der Waals surface area contributed by atoms with Gasteiger partial charge < -0.3 is 10.8 Å². The topological polar surface area (TPSA) is 49.5 Å². The molecule has 2 unspecified atom stereocenters. The summed E-state index contributed by atoms with van der Waals surface area (Å²) in [6.45, 7) is 1.16. The van der Waals surface area contributed by atoms with Crippen molar-refractivity contribution in [3.05, 3.63) is 28.3 Å². The molecule has 3 N–H and O–H groups in total. The van der Waals surface area contributed by atoms with Crippen LogP contribution in [0.15, 0.2) is 12.1 Å². The van der Waals surface area contributed by atoms with Crippen molar-refractivity contribution in [2.24, 2.45) is 11.7 Å². The van der Waals surface area contributed by atoms with E-state index < -0.39 is 17.5 Å². The van der Waals surface area contributed by atoms with Crippen molar-refractivity contribution in [1.82, 2.24) is 4.90 Å². The van der Waals surface area contributed by atoms with Crippen molar-refractivity contribution in [2.45, 2.75) is 18.6 Å². The molecule has 0 radical (unpaired) electrons. The molecule has 1 fully saturated rings. The third-order valence-corrected chi connectivity index (χ3v) is 3.95. The predicted octanol–water partition coefficient (Wildman–Crippen LogP) is 3.02. The minimum atomic E-state index is -4.63. The minimum Gasteiger partial charge on any atom is -0.507 e. The van der Waals surface area contributed by atoms with Crippen molar-refractivity contribution in [3.63, 3.8) is 0 Å². The van der Waals surface area contributed by atoms with E-state index in [1.165, 1.54) is 6.07 Å². The van der Waals surface area contributed by atoms with Gasteiger partial charge in [0.15, 0.2) is 0 Å². The molecule has 1 heterocycles. The van der Waals surface area contributed by atoms with Gasteiger partial charge in [-0.25, -0.2) is 0 Å². The van der Waals surface area contributed by atoms with Gasteiger partial charge in [-0.2, -0.15) is 13.2 Å². The molecule has 1 aromatic rings. The molecule has 0 aromatic heterocycles. The van der Waals surface area contributed by atoms with E-state index in [2.05, 4.69) is 0 Å². The number of alkyl halides is 3. The molecular weight excluding hydrogens is 293 g/mol. The van der Waals surface area contributed by atoms with Gasteiger partial charge in [0, 0.05) is 23.2 Å². The van der Waals surface area contributed by atoms with Crippen LogP contribution in [0.2, 0.25) is 5.02 Å². The van der Waals surface area contributed by atoms with Crippen LogP contribution in [0.5, 0.6) is 5.75 Å². The minimum absolute atomic E-state index is 0.0327. The number of hydrogen-bond donors (Lipinski definition) is 2. The summed E-state index contributed by atoms with van der Waals surface area (Å²) in [4.78, 5) is 1.89. The summed E-state index contributed by atoms with van der Waals surface area (Å²) < 4.78 is 38.7. The number of nitrogens with zero attached hydrogens (tertiary/aromatic N) is 1. The lowest BCUT2D eigenvalue weighted by Crippen LogP contribution is -2.21. The maximum absolute atomic E-state index is 12.9. The van der Waals surface area contributed by atoms with Crippen LogP contribution in [-0.4, -0.2) is 30.1 Å². The molecule has 0 saturated carbocycles. The van der Waals surface area contributed by atoms with E-state index in [-0.39, 0.29) is 22.5 Å². The summed E-state index contributed by atoms with van der Waals surface area (Å²) in [6.07, 6.45) is -4.02. The second-order valence-electron chi connectivity index (χ2n) is 5.18. The summed E-state index contributed by atoms with van der Waals surface area (Å²) in [5.74, 6) is -0.533. The maximum Gasteiger partial charge on any atom is 0.420 e. The van der Waals surface area contributed by atoms with Crippen LogP contribution in [0, 0.1) is 5.92 Å². The van der Waals surface area contributed by atoms with Gasteiger partial charge in [-0.15, -0.1) is 0 Å². The van der Waals surface area contributed by atoms with Gasteiger partial charge in [0.2, 0.25) is 0 Å². The van der Waals surface area contributed by atoms with Gasteiger partial charge in [-0.1, -0.05) is 11.6 Å². The largest absolute Gasteiger partial charge is 0.507 e. The highest BCUT2D eigenvalue weighted by molar-refractivity contribution is 6.30. The number of hydrogen-bond acceptors (Lipinski definition) is 3. The number of rotatable bonds is 2. The Morgan fingerprint density at radius 2 is 2.10 bits per heavy atom. The number of aromatic hydroxyl groups is 1. The lowest BCUT2D eigenvalue weighted by atomic mass is 9.97. The highest BCUT2D eigenvalue weighted by atomic mass is 35.5. The van der Waals surface area contributed by atoms with Crippen molar-refractivity contribution < 1.29 is 18.3 Å². The molecule has 0 aliphatic carbocycles. The van der Waals surface area contributed by atoms with Crippen LogP contribution in [0.25, 0.3) is 0 Å². The average Bonchev–Trinajstić information content (AvgIpc) is 2.71. The number of phenolic OH excluding ortho intramolecular Hbond substituents is 1. The van der Waals surface area contributed by atoms with Crippen molar-refractivity contribution >= 4 is 11.6 Å². The zero-order chi connectivity index (χ0) is 15.1. The molecule has 0 amide bonds. The molecule has 7 heteroatoms. The first-order chi connectivity index (χ1) is 9.24. The van der Waals surface area contributed by atoms with Gasteiger partial charge in [0.25, 0.3) is 0 Å². The van der Waals surface area contributed by atoms with E-state index in [0.29, 0.717) is 19.5 Å². The Hall–Kier alpha value is -0.980. The normalized spacial score (nSPS) is 24.3. The van der Waals surface area contributed by atoms with Gasteiger partial charge in [0.1, 0.15) is 5.75 Å². The van der Waals surface area contributed by atoms with E-state index in [1.807, 2.05) is 4.90 Å². The molecule has 2 rings (SSSR count). The summed E-state index contributed by atoms with van der Waals surface area (Å²) in [5, 5.41) is 9.92. The average molecular weight is 309 g/mol. The van der Waals surface area contributed by atoms with Gasteiger partial charge in [0.05, 0.1) is 5.56 Å². The summed E-state index contributed by atoms with van der Waals surface area (Å²) in [6, 6.07) is 1.84. The van der Waals surface area contributed by atoms with Gasteiger partial charge in [-0.3, -0.25) is 4.90 Å². The Balaban J connectivity index is 2.45. The number of likely N-dealkylation sites (tertiary alicyclic amines) is 1. The highest BCUT2D eigenvalue weighted by Crippen LogP contribution is 2.45. The standard InChI is InChI=1S/C13H16ClF3N2O/c1-19-6-7(5-18)2-11(19)9-3-8(14)4-10(12(9)20)13(15,16)17/h3-4,7,11,20H,2,5-6,18H2,1H3. The maximum atomic E-state index is 12.9. The fourth-order valence-corrected chi connectivity index (χ4v) is 2.96. The van der Waals surface area contributed by atoms with Gasteiger partial charge >= 0.3 is 6.18 Å². The zero-order valence-corrected chi connectivity index (χ0v) is 11.7. The second-order valence-corrected chi connectivity index (χ2v) is 5.62. The van der Waals surface area contributed by atoms with E-state index in [4.69, 9.17) is 17.3 Å². The molecule has 0 bridgehead atoms. The summed E-state index contributed by atoms with van der Waals surface area (Å²) >= 11 is 5.77. The monoisotopic (exact) mass is 308 g/mol. The highest BCUT2D eigenvalue weighted by Gasteiger charge is 2.38. The molecule has 1 aliphatic rings. The molecule has 0 spiro atoms. The molecule has 3 nitrogen and oxygen atoms in total. The molecule has 20 heavy (non-hydrogen) atoms. The molecule has 1 aliphatic heterocycles. The van der Waals surface area contributed by atoms with E-state index in [0.717, 1.165) is 6.07 Å². The van der Waals surface area contributed by atoms with Crippen LogP contribution in [-0.2, 0) is 6.18 Å². The number of nitrogens with two attached hydrogens (primary N) is 1. The zero-order valence-electron chi connectivity index (χ0n) is 10.9. The first-order valence-electron chi connectivity index (χ1n) is 6.24. The number of benzene rings is 1. The summed E-state index contributed by atoms with van der Waals surface area (Å²) in [7, 11) is 1.80. The van der Waals surface area contributed by atoms with Crippen LogP contribution in [0.3, 0.4) is 0 Å².